The van der Waals surface area contributed by atoms with Gasteiger partial charge in [0.1, 0.15) is 7.28 Å². The fourth-order valence-corrected chi connectivity index (χ4v) is 0.815. The maximum Gasteiger partial charge on any atom is 0.129 e. The quantitative estimate of drug-likeness (QED) is 0.511. The van der Waals surface area contributed by atoms with Gasteiger partial charge in [0, 0.05) is 0 Å². The van der Waals surface area contributed by atoms with E-state index < -0.39 is 0 Å². The van der Waals surface area contributed by atoms with Crippen molar-refractivity contribution in [3.05, 3.63) is 0 Å². The zero-order valence-electron chi connectivity index (χ0n) is 6.35. The van der Waals surface area contributed by atoms with Crippen molar-refractivity contribution in [3.8, 4) is 0 Å². The Morgan fingerprint density at radius 2 is 2.33 bits per heavy atom. The molecule has 0 saturated heterocycles. The largest absolute Gasteiger partial charge is 0.330 e. The van der Waals surface area contributed by atoms with Gasteiger partial charge in [-0.15, -0.1) is 0 Å². The molecule has 1 atom stereocenters. The van der Waals surface area contributed by atoms with Gasteiger partial charge in [-0.05, 0) is 32.4 Å². The fraction of sp³-hybridized carbons (Fsp3) is 1.00. The second kappa shape index (κ2) is 6.11. The van der Waals surface area contributed by atoms with Crippen molar-refractivity contribution < 1.29 is 0 Å². The van der Waals surface area contributed by atoms with E-state index in [1.54, 1.807) is 0 Å². The maximum absolute atomic E-state index is 5.34. The lowest BCUT2D eigenvalue weighted by Crippen LogP contribution is -2.30. The zero-order valence-corrected chi connectivity index (χ0v) is 6.35. The Balaban J connectivity index is 3.09. The predicted molar refractivity (Wildman–Crippen MR) is 42.8 cm³/mol. The summed E-state index contributed by atoms with van der Waals surface area (Å²) in [6.07, 6.45) is 2.26. The smallest absolute Gasteiger partial charge is 0.129 e. The zero-order chi connectivity index (χ0) is 7.11. The molecule has 9 heavy (non-hydrogen) atoms. The summed E-state index contributed by atoms with van der Waals surface area (Å²) < 4.78 is 0. The van der Waals surface area contributed by atoms with Gasteiger partial charge in [-0.2, -0.15) is 0 Å². The first-order valence-corrected chi connectivity index (χ1v) is 3.52. The van der Waals surface area contributed by atoms with E-state index in [9.17, 15) is 0 Å². The van der Waals surface area contributed by atoms with Crippen LogP contribution in [0.2, 0.25) is 6.82 Å². The number of rotatable bonds is 5. The minimum atomic E-state index is 0.550. The molecule has 3 heteroatoms. The lowest BCUT2D eigenvalue weighted by molar-refractivity contribution is 0.630. The van der Waals surface area contributed by atoms with Crippen LogP contribution in [-0.2, 0) is 0 Å². The van der Waals surface area contributed by atoms with Gasteiger partial charge in [-0.25, -0.2) is 0 Å². The summed E-state index contributed by atoms with van der Waals surface area (Å²) in [6.45, 7) is 2.86. The highest BCUT2D eigenvalue weighted by Crippen LogP contribution is 1.92. The molecule has 0 saturated carbocycles. The van der Waals surface area contributed by atoms with Crippen molar-refractivity contribution >= 4 is 7.28 Å². The normalized spacial score (nSPS) is 13.2. The summed E-state index contributed by atoms with van der Waals surface area (Å²) in [5.41, 5.74) is 5.34. The Labute approximate surface area is 58.4 Å². The van der Waals surface area contributed by atoms with Crippen LogP contribution in [0.25, 0.3) is 0 Å². The summed E-state index contributed by atoms with van der Waals surface area (Å²) in [6, 6.07) is 0. The van der Waals surface area contributed by atoms with Crippen molar-refractivity contribution in [3.63, 3.8) is 0 Å². The summed E-state index contributed by atoms with van der Waals surface area (Å²) in [5.74, 6) is 0.550. The van der Waals surface area contributed by atoms with E-state index in [1.165, 1.54) is 0 Å². The van der Waals surface area contributed by atoms with Gasteiger partial charge in [-0.3, -0.25) is 0 Å². The molecule has 0 aromatic carbocycles. The monoisotopic (exact) mass is 127 g/mol. The first kappa shape index (κ1) is 8.98. The van der Waals surface area contributed by atoms with Crippen LogP contribution in [0.3, 0.4) is 0 Å². The molecule has 0 amide bonds. The van der Waals surface area contributed by atoms with E-state index in [0.717, 1.165) is 19.4 Å². The molecule has 0 aliphatic carbocycles. The van der Waals surface area contributed by atoms with E-state index in [2.05, 4.69) is 19.4 Å². The van der Waals surface area contributed by atoms with Gasteiger partial charge < -0.3 is 11.1 Å². The van der Waals surface area contributed by atoms with Crippen LogP contribution >= 0.6 is 0 Å². The molecule has 0 aromatic rings. The van der Waals surface area contributed by atoms with Crippen molar-refractivity contribution in [2.75, 3.05) is 13.6 Å². The van der Waals surface area contributed by atoms with Crippen molar-refractivity contribution in [1.29, 1.82) is 0 Å². The molecule has 0 fully saturated rings. The minimum absolute atomic E-state index is 0.550. The molecule has 0 aliphatic heterocycles. The number of nitrogens with two attached hydrogens (primary N) is 1. The molecule has 53 valence electrons. The van der Waals surface area contributed by atoms with Crippen LogP contribution in [0.4, 0.5) is 0 Å². The van der Waals surface area contributed by atoms with Crippen LogP contribution in [0, 0.1) is 0 Å². The Hall–Kier alpha value is -0.0151. The van der Waals surface area contributed by atoms with Gasteiger partial charge in [0.05, 0.1) is 0 Å². The van der Waals surface area contributed by atoms with Gasteiger partial charge >= 0.3 is 0 Å². The molecule has 3 N–H and O–H groups in total. The molecular formula is C6H16BN2. The van der Waals surface area contributed by atoms with Crippen LogP contribution in [0.5, 0.6) is 0 Å². The highest BCUT2D eigenvalue weighted by molar-refractivity contribution is 6.35. The Morgan fingerprint density at radius 3 is 2.67 bits per heavy atom. The van der Waals surface area contributed by atoms with Gasteiger partial charge in [0.15, 0.2) is 0 Å². The van der Waals surface area contributed by atoms with Crippen LogP contribution in [0.1, 0.15) is 12.8 Å². The van der Waals surface area contributed by atoms with Crippen LogP contribution in [-0.4, -0.2) is 26.8 Å². The van der Waals surface area contributed by atoms with Crippen molar-refractivity contribution in [2.45, 2.75) is 25.6 Å². The first-order valence-electron chi connectivity index (χ1n) is 3.52. The summed E-state index contributed by atoms with van der Waals surface area (Å²) >= 11 is 0. The second-order valence-corrected chi connectivity index (χ2v) is 2.16. The Kier molecular flexibility index (Phi) is 6.10. The molecule has 2 nitrogen and oxygen atoms in total. The van der Waals surface area contributed by atoms with Crippen molar-refractivity contribution in [1.82, 2.24) is 5.32 Å². The van der Waals surface area contributed by atoms with Gasteiger partial charge in [-0.1, -0.05) is 6.82 Å². The molecule has 1 unspecified atom stereocenters. The summed E-state index contributed by atoms with van der Waals surface area (Å²) in [4.78, 5) is 0. The van der Waals surface area contributed by atoms with Gasteiger partial charge in [0.2, 0.25) is 0 Å². The third kappa shape index (κ3) is 4.49. The molecular weight excluding hydrogens is 111 g/mol. The Morgan fingerprint density at radius 1 is 1.67 bits per heavy atom. The van der Waals surface area contributed by atoms with E-state index in [4.69, 9.17) is 5.73 Å². The molecule has 0 rings (SSSR count). The van der Waals surface area contributed by atoms with E-state index in [0.29, 0.717) is 5.94 Å². The minimum Gasteiger partial charge on any atom is -0.330 e. The Bertz CT molecular complexity index is 55.0. The maximum atomic E-state index is 5.34. The highest BCUT2D eigenvalue weighted by Gasteiger charge is 2.00. The summed E-state index contributed by atoms with van der Waals surface area (Å²) in [7, 11) is 4.14. The topological polar surface area (TPSA) is 38.0 Å². The average Bonchev–Trinajstić information content (AvgIpc) is 1.91. The summed E-state index contributed by atoms with van der Waals surface area (Å²) in [5, 5.41) is 3.18. The van der Waals surface area contributed by atoms with Crippen LogP contribution < -0.4 is 11.1 Å². The third-order valence-corrected chi connectivity index (χ3v) is 1.49. The molecule has 0 aliphatic rings. The van der Waals surface area contributed by atoms with Crippen molar-refractivity contribution in [2.24, 2.45) is 5.73 Å². The highest BCUT2D eigenvalue weighted by atomic mass is 14.8. The lowest BCUT2D eigenvalue weighted by Gasteiger charge is -2.10. The standard InChI is InChI=1S/C6H16BN2/c1-7-6(9-2)4-3-5-8/h6,9H,3-5,8H2,1-2H3. The number of hydrogen-bond donors (Lipinski definition) is 2. The van der Waals surface area contributed by atoms with Crippen LogP contribution in [0.15, 0.2) is 0 Å². The molecule has 0 spiro atoms. The first-order chi connectivity index (χ1) is 4.35. The number of nitrogens with one attached hydrogen (secondary N) is 1. The molecule has 0 aromatic heterocycles. The molecule has 1 radical (unpaired) electrons. The second-order valence-electron chi connectivity index (χ2n) is 2.16. The third-order valence-electron chi connectivity index (χ3n) is 1.49. The van der Waals surface area contributed by atoms with Gasteiger partial charge in [0.25, 0.3) is 0 Å². The lowest BCUT2D eigenvalue weighted by atomic mass is 9.70. The number of hydrogen-bond acceptors (Lipinski definition) is 2. The average molecular weight is 127 g/mol. The van der Waals surface area contributed by atoms with E-state index >= 15 is 0 Å². The SMILES string of the molecule is C[B]C(CCCN)NC. The molecule has 0 bridgehead atoms. The van der Waals surface area contributed by atoms with E-state index in [-0.39, 0.29) is 0 Å². The fourth-order valence-electron chi connectivity index (χ4n) is 0.815. The molecule has 0 heterocycles. The predicted octanol–water partition coefficient (Wildman–Crippen LogP) is 0.0231. The van der Waals surface area contributed by atoms with E-state index in [1.807, 2.05) is 7.05 Å².